The Labute approximate surface area is 183 Å². The number of nitrogens with one attached hydrogen (secondary N) is 3. The molecule has 2 aromatic heterocycles. The Hall–Kier alpha value is -3.62. The van der Waals surface area contributed by atoms with E-state index < -0.39 is 24.2 Å². The third-order valence-corrected chi connectivity index (χ3v) is 5.63. The number of halogens is 3. The lowest BCUT2D eigenvalue weighted by atomic mass is 9.77. The maximum Gasteiger partial charge on any atom is 0.398 e. The molecule has 6 nitrogen and oxygen atoms in total. The lowest BCUT2D eigenvalue weighted by Crippen LogP contribution is -2.48. The number of hydrogen-bond donors (Lipinski definition) is 3. The number of rotatable bonds is 7. The molecule has 9 heteroatoms. The van der Waals surface area contributed by atoms with Crippen LogP contribution in [0.1, 0.15) is 24.2 Å². The van der Waals surface area contributed by atoms with Crippen molar-refractivity contribution in [3.63, 3.8) is 0 Å². The summed E-state index contributed by atoms with van der Waals surface area (Å²) in [6, 6.07) is 16.7. The van der Waals surface area contributed by atoms with Gasteiger partial charge in [0.1, 0.15) is 11.7 Å². The highest BCUT2D eigenvalue weighted by Crippen LogP contribution is 2.49. The first-order chi connectivity index (χ1) is 15.3. The lowest BCUT2D eigenvalue weighted by molar-refractivity contribution is -0.219. The van der Waals surface area contributed by atoms with Gasteiger partial charge in [0, 0.05) is 23.3 Å². The van der Waals surface area contributed by atoms with Crippen LogP contribution in [0.25, 0.3) is 10.9 Å². The Balaban J connectivity index is 1.79. The SMILES string of the molecule is Cc1ccc2c(NC(c3ccccc3)C(C)(CNc3ncn[nH]3)C(F)(F)F)cccc2n1. The molecule has 3 N–H and O–H groups in total. The van der Waals surface area contributed by atoms with Crippen LogP contribution in [0.3, 0.4) is 0 Å². The maximum absolute atomic E-state index is 14.6. The van der Waals surface area contributed by atoms with Crippen molar-refractivity contribution in [1.82, 2.24) is 20.2 Å². The summed E-state index contributed by atoms with van der Waals surface area (Å²) < 4.78 is 43.8. The Morgan fingerprint density at radius 1 is 1.00 bits per heavy atom. The van der Waals surface area contributed by atoms with Gasteiger partial charge in [-0.3, -0.25) is 4.98 Å². The van der Waals surface area contributed by atoms with Crippen molar-refractivity contribution in [1.29, 1.82) is 0 Å². The molecule has 0 aliphatic rings. The van der Waals surface area contributed by atoms with Gasteiger partial charge in [0.15, 0.2) is 0 Å². The fourth-order valence-corrected chi connectivity index (χ4v) is 3.72. The summed E-state index contributed by atoms with van der Waals surface area (Å²) in [6.45, 7) is 2.66. The topological polar surface area (TPSA) is 78.5 Å². The van der Waals surface area contributed by atoms with Gasteiger partial charge in [-0.05, 0) is 43.7 Å². The van der Waals surface area contributed by atoms with Crippen molar-refractivity contribution in [2.45, 2.75) is 26.1 Å². The van der Waals surface area contributed by atoms with Crippen LogP contribution in [0.5, 0.6) is 0 Å². The number of alkyl halides is 3. The van der Waals surface area contributed by atoms with E-state index in [4.69, 9.17) is 0 Å². The molecule has 0 aliphatic carbocycles. The molecule has 0 amide bonds. The van der Waals surface area contributed by atoms with E-state index in [1.165, 1.54) is 13.3 Å². The monoisotopic (exact) mass is 440 g/mol. The summed E-state index contributed by atoms with van der Waals surface area (Å²) in [6.07, 6.45) is -3.29. The third-order valence-electron chi connectivity index (χ3n) is 5.63. The lowest BCUT2D eigenvalue weighted by Gasteiger charge is -2.40. The predicted octanol–water partition coefficient (Wildman–Crippen LogP) is 5.50. The third kappa shape index (κ3) is 4.23. The van der Waals surface area contributed by atoms with E-state index in [9.17, 15) is 13.2 Å². The van der Waals surface area contributed by atoms with Crippen LogP contribution in [0.4, 0.5) is 24.8 Å². The summed E-state index contributed by atoms with van der Waals surface area (Å²) in [7, 11) is 0. The average molecular weight is 440 g/mol. The molecular formula is C23H23F3N6. The van der Waals surface area contributed by atoms with Crippen molar-refractivity contribution >= 4 is 22.5 Å². The van der Waals surface area contributed by atoms with Gasteiger partial charge in [0.2, 0.25) is 5.95 Å². The van der Waals surface area contributed by atoms with Gasteiger partial charge in [-0.2, -0.15) is 18.3 Å². The first kappa shape index (κ1) is 21.6. The molecule has 166 valence electrons. The normalized spacial score (nSPS) is 14.7. The molecule has 0 bridgehead atoms. The Bertz CT molecular complexity index is 1180. The van der Waals surface area contributed by atoms with Gasteiger partial charge in [0.25, 0.3) is 0 Å². The minimum Gasteiger partial charge on any atom is -0.377 e. The highest BCUT2D eigenvalue weighted by molar-refractivity contribution is 5.91. The van der Waals surface area contributed by atoms with Gasteiger partial charge in [-0.15, -0.1) is 0 Å². The van der Waals surface area contributed by atoms with Crippen LogP contribution < -0.4 is 10.6 Å². The number of pyridine rings is 1. The molecule has 2 atom stereocenters. The predicted molar refractivity (Wildman–Crippen MR) is 118 cm³/mol. The molecule has 2 aromatic carbocycles. The largest absolute Gasteiger partial charge is 0.398 e. The number of fused-ring (bicyclic) bond motifs is 1. The quantitative estimate of drug-likeness (QED) is 0.354. The van der Waals surface area contributed by atoms with Crippen LogP contribution in [0.15, 0.2) is 67.0 Å². The Kier molecular flexibility index (Phi) is 5.73. The number of anilines is 2. The number of aromatic nitrogens is 4. The molecule has 4 rings (SSSR count). The van der Waals surface area contributed by atoms with Gasteiger partial charge in [0.05, 0.1) is 11.6 Å². The molecular weight excluding hydrogens is 417 g/mol. The van der Waals surface area contributed by atoms with E-state index in [-0.39, 0.29) is 5.95 Å². The summed E-state index contributed by atoms with van der Waals surface area (Å²) >= 11 is 0. The van der Waals surface area contributed by atoms with Crippen molar-refractivity contribution in [2.24, 2.45) is 5.41 Å². The number of nitrogens with zero attached hydrogens (tertiary/aromatic N) is 3. The Morgan fingerprint density at radius 3 is 2.47 bits per heavy atom. The zero-order chi connectivity index (χ0) is 22.8. The molecule has 32 heavy (non-hydrogen) atoms. The first-order valence-corrected chi connectivity index (χ1v) is 10.1. The molecule has 2 heterocycles. The number of aromatic amines is 1. The van der Waals surface area contributed by atoms with E-state index in [2.05, 4.69) is 30.8 Å². The number of benzene rings is 2. The minimum atomic E-state index is -4.53. The number of H-pyrrole nitrogens is 1. The van der Waals surface area contributed by atoms with Crippen molar-refractivity contribution in [3.8, 4) is 0 Å². The number of hydrogen-bond acceptors (Lipinski definition) is 5. The van der Waals surface area contributed by atoms with E-state index in [0.29, 0.717) is 11.3 Å². The number of aryl methyl sites for hydroxylation is 1. The van der Waals surface area contributed by atoms with E-state index >= 15 is 0 Å². The first-order valence-electron chi connectivity index (χ1n) is 10.1. The minimum absolute atomic E-state index is 0.178. The van der Waals surface area contributed by atoms with Crippen molar-refractivity contribution in [2.75, 3.05) is 17.2 Å². The van der Waals surface area contributed by atoms with Crippen LogP contribution in [-0.4, -0.2) is 32.9 Å². The van der Waals surface area contributed by atoms with Crippen LogP contribution in [-0.2, 0) is 0 Å². The molecule has 0 saturated carbocycles. The summed E-state index contributed by atoms with van der Waals surface area (Å²) in [4.78, 5) is 8.40. The zero-order valence-corrected chi connectivity index (χ0v) is 17.6. The van der Waals surface area contributed by atoms with Crippen molar-refractivity contribution < 1.29 is 13.2 Å². The summed E-state index contributed by atoms with van der Waals surface area (Å²) in [5.41, 5.74) is 0.463. The van der Waals surface area contributed by atoms with E-state index in [1.54, 1.807) is 42.5 Å². The van der Waals surface area contributed by atoms with Crippen LogP contribution in [0.2, 0.25) is 0 Å². The van der Waals surface area contributed by atoms with Gasteiger partial charge >= 0.3 is 6.18 Å². The molecule has 0 radical (unpaired) electrons. The molecule has 0 spiro atoms. The standard InChI is InChI=1S/C23H23F3N6/c1-15-11-12-17-18(30-15)9-6-10-19(17)31-20(16-7-4-3-5-8-16)22(2,23(24,25)26)13-27-21-28-14-29-32-21/h3-12,14,20,31H,13H2,1-2H3,(H2,27,28,29,32). The van der Waals surface area contributed by atoms with Crippen LogP contribution >= 0.6 is 0 Å². The fourth-order valence-electron chi connectivity index (χ4n) is 3.72. The highest BCUT2D eigenvalue weighted by atomic mass is 19.4. The van der Waals surface area contributed by atoms with E-state index in [0.717, 1.165) is 16.6 Å². The second-order valence-electron chi connectivity index (χ2n) is 7.92. The fraction of sp³-hybridized carbons (Fsp3) is 0.261. The smallest absolute Gasteiger partial charge is 0.377 e. The second kappa shape index (κ2) is 8.49. The molecule has 0 saturated heterocycles. The van der Waals surface area contributed by atoms with Gasteiger partial charge in [-0.1, -0.05) is 36.4 Å². The molecule has 0 fully saturated rings. The van der Waals surface area contributed by atoms with E-state index in [1.807, 2.05) is 25.1 Å². The molecule has 4 aromatic rings. The van der Waals surface area contributed by atoms with Crippen molar-refractivity contribution in [3.05, 3.63) is 78.2 Å². The van der Waals surface area contributed by atoms with Crippen LogP contribution in [0, 0.1) is 12.3 Å². The molecule has 0 aliphatic heterocycles. The van der Waals surface area contributed by atoms with Gasteiger partial charge in [-0.25, -0.2) is 10.1 Å². The zero-order valence-electron chi connectivity index (χ0n) is 17.6. The maximum atomic E-state index is 14.6. The summed E-state index contributed by atoms with van der Waals surface area (Å²) in [5.74, 6) is 0.178. The Morgan fingerprint density at radius 2 is 1.78 bits per heavy atom. The average Bonchev–Trinajstić information content (AvgIpc) is 3.29. The molecule has 2 unspecified atom stereocenters. The van der Waals surface area contributed by atoms with Gasteiger partial charge < -0.3 is 10.6 Å². The summed E-state index contributed by atoms with van der Waals surface area (Å²) in [5, 5.41) is 12.9. The highest BCUT2D eigenvalue weighted by Gasteiger charge is 2.56. The second-order valence-corrected chi connectivity index (χ2v) is 7.92.